The van der Waals surface area contributed by atoms with Crippen molar-refractivity contribution in [3.8, 4) is 23.8 Å². The summed E-state index contributed by atoms with van der Waals surface area (Å²) < 4.78 is 16.4. The van der Waals surface area contributed by atoms with Gasteiger partial charge < -0.3 is 24.6 Å². The number of aliphatic hydroxyl groups is 1. The van der Waals surface area contributed by atoms with Gasteiger partial charge in [0.2, 0.25) is 0 Å². The molecule has 152 valence electrons. The fourth-order valence-corrected chi connectivity index (χ4v) is 2.60. The number of nitrogens with one attached hydrogen (secondary N) is 1. The minimum absolute atomic E-state index is 0. The van der Waals surface area contributed by atoms with Crippen molar-refractivity contribution in [3.05, 3.63) is 48.3 Å². The van der Waals surface area contributed by atoms with Crippen molar-refractivity contribution in [2.45, 2.75) is 0 Å². The molecule has 0 fully saturated rings. The van der Waals surface area contributed by atoms with Gasteiger partial charge in [-0.25, -0.2) is 9.97 Å². The number of hydrogen-bond acceptors (Lipinski definition) is 7. The van der Waals surface area contributed by atoms with Crippen LogP contribution in [0.1, 0.15) is 5.56 Å². The van der Waals surface area contributed by atoms with Crippen LogP contribution >= 0.6 is 12.4 Å². The molecule has 0 amide bonds. The van der Waals surface area contributed by atoms with E-state index in [9.17, 15) is 0 Å². The van der Waals surface area contributed by atoms with Crippen LogP contribution in [0.25, 0.3) is 10.9 Å². The molecule has 29 heavy (non-hydrogen) atoms. The Morgan fingerprint density at radius 3 is 2.62 bits per heavy atom. The lowest BCUT2D eigenvalue weighted by Gasteiger charge is -2.15. The zero-order chi connectivity index (χ0) is 19.8. The summed E-state index contributed by atoms with van der Waals surface area (Å²) in [4.78, 5) is 8.67. The van der Waals surface area contributed by atoms with E-state index in [2.05, 4.69) is 21.2 Å². The first-order valence-corrected chi connectivity index (χ1v) is 8.73. The normalized spacial score (nSPS) is 10.1. The molecule has 0 radical (unpaired) electrons. The first kappa shape index (κ1) is 22.2. The van der Waals surface area contributed by atoms with E-state index < -0.39 is 0 Å². The molecular weight excluding hydrogens is 394 g/mol. The van der Waals surface area contributed by atoms with Crippen molar-refractivity contribution < 1.29 is 19.3 Å². The average Bonchev–Trinajstić information content (AvgIpc) is 2.73. The number of rotatable bonds is 9. The van der Waals surface area contributed by atoms with Gasteiger partial charge in [-0.2, -0.15) is 0 Å². The van der Waals surface area contributed by atoms with Crippen LogP contribution < -0.4 is 14.8 Å². The minimum Gasteiger partial charge on any atom is -0.487 e. The van der Waals surface area contributed by atoms with Gasteiger partial charge in [0, 0.05) is 29.8 Å². The first-order valence-electron chi connectivity index (χ1n) is 8.73. The summed E-state index contributed by atoms with van der Waals surface area (Å²) in [6.45, 7) is 0.851. The van der Waals surface area contributed by atoms with Crippen molar-refractivity contribution >= 4 is 34.8 Å². The van der Waals surface area contributed by atoms with Crippen LogP contribution in [0.3, 0.4) is 0 Å². The van der Waals surface area contributed by atoms with Crippen LogP contribution in [0, 0.1) is 12.3 Å². The van der Waals surface area contributed by atoms with Crippen LogP contribution in [-0.2, 0) is 4.74 Å². The Balaban J connectivity index is 0.00000300. The molecule has 2 aromatic carbocycles. The summed E-state index contributed by atoms with van der Waals surface area (Å²) in [6.07, 6.45) is 6.95. The molecule has 8 heteroatoms. The minimum atomic E-state index is -0.106. The second-order valence-electron chi connectivity index (χ2n) is 5.80. The van der Waals surface area contributed by atoms with Crippen LogP contribution in [0.2, 0.25) is 0 Å². The van der Waals surface area contributed by atoms with Gasteiger partial charge in [-0.05, 0) is 24.3 Å². The molecule has 0 saturated heterocycles. The standard InChI is InChI=1S/C21H21N3O4.ClH/c1-3-15-5-4-6-16(11-15)24-21-17-12-19(27-8-7-25)20(28-10-9-26-2)13-18(17)22-14-23-21;/h1,4-6,11-14,25H,7-10H2,2H3,(H,22,23,24);1H. The zero-order valence-electron chi connectivity index (χ0n) is 15.9. The number of hydrogen-bond donors (Lipinski definition) is 2. The van der Waals surface area contributed by atoms with Crippen molar-refractivity contribution in [2.75, 3.05) is 38.9 Å². The largest absolute Gasteiger partial charge is 0.487 e. The third-order valence-electron chi connectivity index (χ3n) is 3.89. The quantitative estimate of drug-likeness (QED) is 0.410. The molecule has 7 nitrogen and oxygen atoms in total. The molecule has 0 aliphatic heterocycles. The molecule has 0 saturated carbocycles. The van der Waals surface area contributed by atoms with Gasteiger partial charge in [0.25, 0.3) is 0 Å². The first-order chi connectivity index (χ1) is 13.7. The highest BCUT2D eigenvalue weighted by molar-refractivity contribution is 5.93. The molecular formula is C21H22ClN3O4. The number of fused-ring (bicyclic) bond motifs is 1. The number of anilines is 2. The molecule has 0 bridgehead atoms. The molecule has 1 aromatic heterocycles. The van der Waals surface area contributed by atoms with Gasteiger partial charge in [-0.3, -0.25) is 0 Å². The fourth-order valence-electron chi connectivity index (χ4n) is 2.60. The fraction of sp³-hybridized carbons (Fsp3) is 0.238. The highest BCUT2D eigenvalue weighted by Crippen LogP contribution is 2.35. The smallest absolute Gasteiger partial charge is 0.163 e. The predicted octanol–water partition coefficient (Wildman–Crippen LogP) is 3.17. The Morgan fingerprint density at radius 1 is 1.07 bits per heavy atom. The Labute approximate surface area is 175 Å². The molecule has 0 atom stereocenters. The molecule has 3 rings (SSSR count). The summed E-state index contributed by atoms with van der Waals surface area (Å²) >= 11 is 0. The van der Waals surface area contributed by atoms with E-state index in [0.29, 0.717) is 36.0 Å². The third kappa shape index (κ3) is 5.72. The van der Waals surface area contributed by atoms with E-state index in [4.69, 9.17) is 25.7 Å². The van der Waals surface area contributed by atoms with Crippen molar-refractivity contribution in [1.29, 1.82) is 0 Å². The number of ether oxygens (including phenoxy) is 3. The van der Waals surface area contributed by atoms with Crippen molar-refractivity contribution in [3.63, 3.8) is 0 Å². The number of benzene rings is 2. The lowest BCUT2D eigenvalue weighted by molar-refractivity contribution is 0.141. The molecule has 0 spiro atoms. The summed E-state index contributed by atoms with van der Waals surface area (Å²) in [5.74, 6) is 4.24. The average molecular weight is 416 g/mol. The van der Waals surface area contributed by atoms with E-state index in [1.807, 2.05) is 24.3 Å². The van der Waals surface area contributed by atoms with E-state index in [0.717, 1.165) is 16.6 Å². The summed E-state index contributed by atoms with van der Waals surface area (Å²) in [5, 5.41) is 13.1. The molecule has 3 aromatic rings. The highest BCUT2D eigenvalue weighted by Gasteiger charge is 2.13. The number of methoxy groups -OCH3 is 1. The maximum Gasteiger partial charge on any atom is 0.163 e. The zero-order valence-corrected chi connectivity index (χ0v) is 16.7. The lowest BCUT2D eigenvalue weighted by atomic mass is 10.2. The van der Waals surface area contributed by atoms with Gasteiger partial charge in [0.1, 0.15) is 25.4 Å². The summed E-state index contributed by atoms with van der Waals surface area (Å²) in [7, 11) is 1.60. The Hall–Kier alpha value is -3.05. The van der Waals surface area contributed by atoms with Gasteiger partial charge in [0.05, 0.1) is 18.7 Å². The summed E-state index contributed by atoms with van der Waals surface area (Å²) in [6, 6.07) is 11.1. The molecule has 0 unspecified atom stereocenters. The van der Waals surface area contributed by atoms with Crippen molar-refractivity contribution in [1.82, 2.24) is 9.97 Å². The van der Waals surface area contributed by atoms with E-state index in [1.54, 1.807) is 19.2 Å². The van der Waals surface area contributed by atoms with E-state index in [1.165, 1.54) is 6.33 Å². The van der Waals surface area contributed by atoms with E-state index in [-0.39, 0.29) is 25.6 Å². The topological polar surface area (TPSA) is 85.7 Å². The second kappa shape index (κ2) is 11.1. The second-order valence-corrected chi connectivity index (χ2v) is 5.80. The maximum atomic E-state index is 9.11. The number of aromatic nitrogens is 2. The number of halogens is 1. The van der Waals surface area contributed by atoms with Crippen molar-refractivity contribution in [2.24, 2.45) is 0 Å². The van der Waals surface area contributed by atoms with Gasteiger partial charge in [-0.15, -0.1) is 18.8 Å². The molecule has 1 heterocycles. The third-order valence-corrected chi connectivity index (χ3v) is 3.89. The monoisotopic (exact) mass is 415 g/mol. The number of nitrogens with zero attached hydrogens (tertiary/aromatic N) is 2. The van der Waals surface area contributed by atoms with Gasteiger partial charge in [0.15, 0.2) is 11.5 Å². The van der Waals surface area contributed by atoms with E-state index >= 15 is 0 Å². The molecule has 0 aliphatic carbocycles. The lowest BCUT2D eigenvalue weighted by Crippen LogP contribution is -2.08. The maximum absolute atomic E-state index is 9.11. The summed E-state index contributed by atoms with van der Waals surface area (Å²) in [5.41, 5.74) is 2.27. The Kier molecular flexibility index (Phi) is 8.49. The Morgan fingerprint density at radius 2 is 1.86 bits per heavy atom. The number of terminal acetylenes is 1. The SMILES string of the molecule is C#Cc1cccc(Nc2ncnc3cc(OCCOC)c(OCCO)cc23)c1.Cl. The number of aliphatic hydroxyl groups excluding tert-OH is 1. The van der Waals surface area contributed by atoms with Crippen LogP contribution in [0.4, 0.5) is 11.5 Å². The van der Waals surface area contributed by atoms with Crippen LogP contribution in [-0.4, -0.2) is 48.6 Å². The van der Waals surface area contributed by atoms with Crippen LogP contribution in [0.5, 0.6) is 11.5 Å². The predicted molar refractivity (Wildman–Crippen MR) is 114 cm³/mol. The van der Waals surface area contributed by atoms with Gasteiger partial charge >= 0.3 is 0 Å². The highest BCUT2D eigenvalue weighted by atomic mass is 35.5. The molecule has 0 aliphatic rings. The van der Waals surface area contributed by atoms with Crippen LogP contribution in [0.15, 0.2) is 42.7 Å². The molecule has 2 N–H and O–H groups in total. The van der Waals surface area contributed by atoms with Gasteiger partial charge in [-0.1, -0.05) is 12.0 Å². The Bertz CT molecular complexity index is 991.